The van der Waals surface area contributed by atoms with Crippen molar-refractivity contribution >= 4 is 16.6 Å². The number of aromatic hydroxyl groups is 1. The number of pyridine rings is 1. The normalized spacial score (nSPS) is 16.2. The molecule has 3 N–H and O–H groups in total. The molecule has 1 fully saturated rings. The molecule has 1 saturated heterocycles. The highest BCUT2D eigenvalue weighted by atomic mass is 16.3. The Bertz CT molecular complexity index is 596. The van der Waals surface area contributed by atoms with Crippen LogP contribution in [-0.2, 0) is 0 Å². The van der Waals surface area contributed by atoms with Crippen LogP contribution in [0.25, 0.3) is 10.8 Å². The Balaban J connectivity index is 1.56. The summed E-state index contributed by atoms with van der Waals surface area (Å²) in [6, 6.07) is 7.34. The summed E-state index contributed by atoms with van der Waals surface area (Å²) < 4.78 is 0. The molecule has 5 heteroatoms. The molecular weight excluding hydrogens is 264 g/mol. The number of hydrogen-bond acceptors (Lipinski definition) is 5. The molecule has 21 heavy (non-hydrogen) atoms. The fourth-order valence-corrected chi connectivity index (χ4v) is 2.74. The van der Waals surface area contributed by atoms with Gasteiger partial charge < -0.3 is 20.6 Å². The molecule has 2 heterocycles. The first-order chi connectivity index (χ1) is 10.3. The Morgan fingerprint density at radius 3 is 2.95 bits per heavy atom. The lowest BCUT2D eigenvalue weighted by Crippen LogP contribution is -2.44. The molecule has 1 aromatic carbocycles. The van der Waals surface area contributed by atoms with Gasteiger partial charge in [-0.25, -0.2) is 4.98 Å². The highest BCUT2D eigenvalue weighted by Crippen LogP contribution is 2.24. The van der Waals surface area contributed by atoms with E-state index in [1.807, 2.05) is 12.1 Å². The predicted molar refractivity (Wildman–Crippen MR) is 85.8 cm³/mol. The molecule has 5 nitrogen and oxygen atoms in total. The van der Waals surface area contributed by atoms with E-state index < -0.39 is 0 Å². The maximum absolute atomic E-state index is 9.63. The Hall–Kier alpha value is -1.85. The third-order valence-electron chi connectivity index (χ3n) is 3.90. The summed E-state index contributed by atoms with van der Waals surface area (Å²) in [6.07, 6.45) is 2.90. The number of aromatic nitrogens is 1. The van der Waals surface area contributed by atoms with Gasteiger partial charge in [0.25, 0.3) is 0 Å². The van der Waals surface area contributed by atoms with Crippen molar-refractivity contribution in [2.45, 2.75) is 6.42 Å². The van der Waals surface area contributed by atoms with Gasteiger partial charge in [0, 0.05) is 44.3 Å². The van der Waals surface area contributed by atoms with Crippen molar-refractivity contribution in [2.75, 3.05) is 44.6 Å². The van der Waals surface area contributed by atoms with Gasteiger partial charge in [0.2, 0.25) is 0 Å². The van der Waals surface area contributed by atoms with Gasteiger partial charge in [0.05, 0.1) is 0 Å². The molecule has 1 aliphatic heterocycles. The van der Waals surface area contributed by atoms with E-state index in [1.165, 1.54) is 0 Å². The average molecular weight is 286 g/mol. The first-order valence-corrected chi connectivity index (χ1v) is 7.57. The molecule has 0 atom stereocenters. The summed E-state index contributed by atoms with van der Waals surface area (Å²) >= 11 is 0. The molecule has 0 amide bonds. The third-order valence-corrected chi connectivity index (χ3v) is 3.90. The second-order valence-electron chi connectivity index (χ2n) is 5.44. The zero-order valence-electron chi connectivity index (χ0n) is 12.2. The van der Waals surface area contributed by atoms with Crippen molar-refractivity contribution in [3.05, 3.63) is 30.5 Å². The van der Waals surface area contributed by atoms with Crippen LogP contribution in [0.1, 0.15) is 6.42 Å². The van der Waals surface area contributed by atoms with Gasteiger partial charge in [-0.1, -0.05) is 6.07 Å². The molecule has 2 aromatic rings. The van der Waals surface area contributed by atoms with Gasteiger partial charge in [-0.3, -0.25) is 0 Å². The minimum absolute atomic E-state index is 0.277. The van der Waals surface area contributed by atoms with E-state index in [0.29, 0.717) is 0 Å². The van der Waals surface area contributed by atoms with E-state index in [2.05, 4.69) is 20.5 Å². The number of phenols is 1. The number of nitrogens with zero attached hydrogens (tertiary/aromatic N) is 2. The smallest absolute Gasteiger partial charge is 0.133 e. The first-order valence-electron chi connectivity index (χ1n) is 7.57. The maximum Gasteiger partial charge on any atom is 0.133 e. The second kappa shape index (κ2) is 6.74. The van der Waals surface area contributed by atoms with Crippen molar-refractivity contribution in [3.8, 4) is 5.75 Å². The number of benzene rings is 1. The van der Waals surface area contributed by atoms with Gasteiger partial charge in [-0.15, -0.1) is 0 Å². The summed E-state index contributed by atoms with van der Waals surface area (Å²) in [5.74, 6) is 1.13. The van der Waals surface area contributed by atoms with E-state index in [-0.39, 0.29) is 5.75 Å². The topological polar surface area (TPSA) is 60.4 Å². The fourth-order valence-electron chi connectivity index (χ4n) is 2.74. The molecule has 1 aromatic heterocycles. The van der Waals surface area contributed by atoms with Crippen LogP contribution in [0.2, 0.25) is 0 Å². The summed E-state index contributed by atoms with van der Waals surface area (Å²) in [5.41, 5.74) is 0. The van der Waals surface area contributed by atoms with Crippen LogP contribution < -0.4 is 10.6 Å². The van der Waals surface area contributed by atoms with E-state index in [0.717, 1.165) is 62.3 Å². The van der Waals surface area contributed by atoms with Crippen LogP contribution in [0, 0.1) is 0 Å². The highest BCUT2D eigenvalue weighted by Gasteiger charge is 2.08. The lowest BCUT2D eigenvalue weighted by molar-refractivity contribution is 0.240. The van der Waals surface area contributed by atoms with Crippen LogP contribution in [-0.4, -0.2) is 54.3 Å². The highest BCUT2D eigenvalue weighted by molar-refractivity contribution is 5.92. The minimum Gasteiger partial charge on any atom is -0.508 e. The number of hydrogen-bond donors (Lipinski definition) is 3. The number of piperazine rings is 1. The van der Waals surface area contributed by atoms with Crippen molar-refractivity contribution in [3.63, 3.8) is 0 Å². The Kier molecular flexibility index (Phi) is 4.52. The molecule has 0 bridgehead atoms. The van der Waals surface area contributed by atoms with Crippen molar-refractivity contribution < 1.29 is 5.11 Å². The van der Waals surface area contributed by atoms with Gasteiger partial charge in [0.1, 0.15) is 11.6 Å². The quantitative estimate of drug-likeness (QED) is 0.730. The van der Waals surface area contributed by atoms with Gasteiger partial charge in [-0.05, 0) is 36.6 Å². The summed E-state index contributed by atoms with van der Waals surface area (Å²) in [7, 11) is 0. The molecular formula is C16H22N4O. The lowest BCUT2D eigenvalue weighted by Gasteiger charge is -2.27. The zero-order valence-corrected chi connectivity index (χ0v) is 12.2. The molecule has 0 saturated carbocycles. The molecule has 0 spiro atoms. The van der Waals surface area contributed by atoms with Gasteiger partial charge in [-0.2, -0.15) is 0 Å². The number of anilines is 1. The first kappa shape index (κ1) is 14.1. The van der Waals surface area contributed by atoms with Crippen molar-refractivity contribution in [1.82, 2.24) is 15.2 Å². The van der Waals surface area contributed by atoms with Crippen LogP contribution in [0.15, 0.2) is 30.5 Å². The predicted octanol–water partition coefficient (Wildman–Crippen LogP) is 1.65. The second-order valence-corrected chi connectivity index (χ2v) is 5.44. The Morgan fingerprint density at radius 2 is 2.10 bits per heavy atom. The standard InChI is InChI=1S/C16H22N4O/c21-14-3-2-13-4-6-19-16(15(13)12-14)18-5-1-9-20-10-7-17-8-11-20/h2-4,6,12,17,21H,1,5,7-11H2,(H,18,19). The van der Waals surface area contributed by atoms with Crippen molar-refractivity contribution in [1.29, 1.82) is 0 Å². The average Bonchev–Trinajstić information content (AvgIpc) is 2.53. The number of fused-ring (bicyclic) bond motifs is 1. The van der Waals surface area contributed by atoms with Crippen LogP contribution in [0.4, 0.5) is 5.82 Å². The molecule has 0 radical (unpaired) electrons. The summed E-state index contributed by atoms with van der Waals surface area (Å²) in [6.45, 7) is 6.48. The van der Waals surface area contributed by atoms with E-state index in [4.69, 9.17) is 0 Å². The van der Waals surface area contributed by atoms with E-state index in [1.54, 1.807) is 18.3 Å². The molecule has 112 valence electrons. The van der Waals surface area contributed by atoms with E-state index >= 15 is 0 Å². The molecule has 0 unspecified atom stereocenters. The number of phenolic OH excluding ortho intramolecular Hbond substituents is 1. The maximum atomic E-state index is 9.63. The summed E-state index contributed by atoms with van der Waals surface area (Å²) in [4.78, 5) is 6.87. The fraction of sp³-hybridized carbons (Fsp3) is 0.438. The van der Waals surface area contributed by atoms with Crippen LogP contribution in [0.5, 0.6) is 5.75 Å². The molecule has 3 rings (SSSR count). The Morgan fingerprint density at radius 1 is 1.24 bits per heavy atom. The largest absolute Gasteiger partial charge is 0.508 e. The van der Waals surface area contributed by atoms with Crippen LogP contribution >= 0.6 is 0 Å². The molecule has 1 aliphatic rings. The minimum atomic E-state index is 0.277. The van der Waals surface area contributed by atoms with Crippen molar-refractivity contribution in [2.24, 2.45) is 0 Å². The lowest BCUT2D eigenvalue weighted by atomic mass is 10.1. The number of rotatable bonds is 5. The Labute approximate surface area is 125 Å². The summed E-state index contributed by atoms with van der Waals surface area (Å²) in [5, 5.41) is 18.4. The van der Waals surface area contributed by atoms with Gasteiger partial charge in [0.15, 0.2) is 0 Å². The van der Waals surface area contributed by atoms with Gasteiger partial charge >= 0.3 is 0 Å². The monoisotopic (exact) mass is 286 g/mol. The number of nitrogens with one attached hydrogen (secondary N) is 2. The molecule has 0 aliphatic carbocycles. The zero-order chi connectivity index (χ0) is 14.5. The van der Waals surface area contributed by atoms with Crippen LogP contribution in [0.3, 0.4) is 0 Å². The van der Waals surface area contributed by atoms with E-state index in [9.17, 15) is 5.11 Å². The SMILES string of the molecule is Oc1ccc2ccnc(NCCCN3CCNCC3)c2c1. The third kappa shape index (κ3) is 3.62.